The first-order chi connectivity index (χ1) is 9.49. The second kappa shape index (κ2) is 6.06. The van der Waals surface area contributed by atoms with Crippen LogP contribution in [0.1, 0.15) is 29.7 Å². The van der Waals surface area contributed by atoms with Crippen molar-refractivity contribution in [3.05, 3.63) is 65.0 Å². The lowest BCUT2D eigenvalue weighted by atomic mass is 10.0. The zero-order chi connectivity index (χ0) is 14.7. The summed E-state index contributed by atoms with van der Waals surface area (Å²) in [4.78, 5) is 2.11. The summed E-state index contributed by atoms with van der Waals surface area (Å²) >= 11 is 0. The number of hydrogen-bond donors (Lipinski definition) is 1. The smallest absolute Gasteiger partial charge is 0.126 e. The summed E-state index contributed by atoms with van der Waals surface area (Å²) in [5.74, 6) is -0.200. The molecule has 3 heteroatoms. The Bertz CT molecular complexity index is 579. The number of nitrogens with two attached hydrogens (primary N) is 1. The molecule has 2 nitrogen and oxygen atoms in total. The van der Waals surface area contributed by atoms with E-state index in [9.17, 15) is 4.39 Å². The third-order valence-electron chi connectivity index (χ3n) is 3.47. The summed E-state index contributed by atoms with van der Waals surface area (Å²) in [6.07, 6.45) is 0. The van der Waals surface area contributed by atoms with Gasteiger partial charge in [-0.15, -0.1) is 0 Å². The molecule has 0 unspecified atom stereocenters. The maximum Gasteiger partial charge on any atom is 0.126 e. The van der Waals surface area contributed by atoms with Gasteiger partial charge in [0.1, 0.15) is 5.82 Å². The number of hydrogen-bond acceptors (Lipinski definition) is 2. The first-order valence-corrected chi connectivity index (χ1v) is 6.79. The Balaban J connectivity index is 2.33. The molecule has 2 aromatic rings. The summed E-state index contributed by atoms with van der Waals surface area (Å²) in [6.45, 7) is 4.43. The first-order valence-electron chi connectivity index (χ1n) is 6.79. The fourth-order valence-corrected chi connectivity index (χ4v) is 2.32. The molecule has 0 saturated heterocycles. The minimum atomic E-state index is -0.200. The molecule has 0 aromatic heterocycles. The summed E-state index contributed by atoms with van der Waals surface area (Å²) in [7, 11) is 2.01. The Morgan fingerprint density at radius 2 is 1.85 bits per heavy atom. The van der Waals surface area contributed by atoms with Crippen LogP contribution in [0.5, 0.6) is 0 Å². The average Bonchev–Trinajstić information content (AvgIpc) is 2.42. The van der Waals surface area contributed by atoms with E-state index in [1.165, 1.54) is 5.56 Å². The Morgan fingerprint density at radius 3 is 2.45 bits per heavy atom. The second-order valence-corrected chi connectivity index (χ2v) is 5.29. The minimum absolute atomic E-state index is 0.196. The predicted octanol–water partition coefficient (Wildman–Crippen LogP) is 3.79. The monoisotopic (exact) mass is 272 g/mol. The number of aryl methyl sites for hydroxylation is 1. The van der Waals surface area contributed by atoms with Gasteiger partial charge in [0.15, 0.2) is 0 Å². The van der Waals surface area contributed by atoms with Crippen LogP contribution >= 0.6 is 0 Å². The van der Waals surface area contributed by atoms with Gasteiger partial charge in [-0.3, -0.25) is 0 Å². The van der Waals surface area contributed by atoms with Crippen LogP contribution in [0.4, 0.5) is 10.1 Å². The van der Waals surface area contributed by atoms with Crippen LogP contribution in [0.15, 0.2) is 42.5 Å². The van der Waals surface area contributed by atoms with Crippen molar-refractivity contribution in [2.75, 3.05) is 11.9 Å². The molecule has 0 radical (unpaired) electrons. The van der Waals surface area contributed by atoms with Crippen molar-refractivity contribution in [1.29, 1.82) is 0 Å². The van der Waals surface area contributed by atoms with E-state index in [0.717, 1.165) is 17.8 Å². The molecular formula is C17H21FN2. The lowest BCUT2D eigenvalue weighted by Gasteiger charge is -2.25. The van der Waals surface area contributed by atoms with E-state index < -0.39 is 0 Å². The fourth-order valence-electron chi connectivity index (χ4n) is 2.32. The van der Waals surface area contributed by atoms with Gasteiger partial charge in [-0.1, -0.05) is 30.3 Å². The molecule has 0 amide bonds. The standard InChI is InChI=1S/C17H21FN2/c1-12-9-17(15(13(2)19)10-16(12)18)20(3)11-14-7-5-4-6-8-14/h4-10,13H,11,19H2,1-3H3/t13-/m0/s1. The molecule has 106 valence electrons. The largest absolute Gasteiger partial charge is 0.370 e. The van der Waals surface area contributed by atoms with E-state index in [2.05, 4.69) is 17.0 Å². The quantitative estimate of drug-likeness (QED) is 0.917. The van der Waals surface area contributed by atoms with Crippen LogP contribution in [-0.2, 0) is 6.54 Å². The van der Waals surface area contributed by atoms with Gasteiger partial charge in [-0.05, 0) is 42.7 Å². The SMILES string of the molecule is Cc1cc(N(C)Cc2ccccc2)c([C@H](C)N)cc1F. The van der Waals surface area contributed by atoms with Crippen molar-refractivity contribution >= 4 is 5.69 Å². The Kier molecular flexibility index (Phi) is 4.40. The van der Waals surface area contributed by atoms with Gasteiger partial charge in [0.2, 0.25) is 0 Å². The normalized spacial score (nSPS) is 12.2. The van der Waals surface area contributed by atoms with Gasteiger partial charge in [0, 0.05) is 25.3 Å². The molecule has 0 aliphatic carbocycles. The van der Waals surface area contributed by atoms with E-state index in [1.54, 1.807) is 13.0 Å². The molecule has 20 heavy (non-hydrogen) atoms. The van der Waals surface area contributed by atoms with Crippen LogP contribution in [0.25, 0.3) is 0 Å². The van der Waals surface area contributed by atoms with Gasteiger partial charge >= 0.3 is 0 Å². The van der Waals surface area contributed by atoms with E-state index in [4.69, 9.17) is 5.73 Å². The number of rotatable bonds is 4. The summed E-state index contributed by atoms with van der Waals surface area (Å²) in [5.41, 5.74) is 9.66. The molecule has 0 fully saturated rings. The Hall–Kier alpha value is -1.87. The first kappa shape index (κ1) is 14.5. The van der Waals surface area contributed by atoms with Crippen molar-refractivity contribution in [1.82, 2.24) is 0 Å². The third-order valence-corrected chi connectivity index (χ3v) is 3.47. The highest BCUT2D eigenvalue weighted by molar-refractivity contribution is 5.56. The molecule has 0 bridgehead atoms. The second-order valence-electron chi connectivity index (χ2n) is 5.29. The Labute approximate surface area is 120 Å². The van der Waals surface area contributed by atoms with Crippen LogP contribution in [-0.4, -0.2) is 7.05 Å². The summed E-state index contributed by atoms with van der Waals surface area (Å²) < 4.78 is 13.7. The topological polar surface area (TPSA) is 29.3 Å². The number of nitrogens with zero attached hydrogens (tertiary/aromatic N) is 1. The number of benzene rings is 2. The highest BCUT2D eigenvalue weighted by atomic mass is 19.1. The highest BCUT2D eigenvalue weighted by Gasteiger charge is 2.14. The van der Waals surface area contributed by atoms with E-state index in [-0.39, 0.29) is 11.9 Å². The Morgan fingerprint density at radius 1 is 1.20 bits per heavy atom. The van der Waals surface area contributed by atoms with Crippen LogP contribution in [0, 0.1) is 12.7 Å². The van der Waals surface area contributed by atoms with Gasteiger partial charge in [0.05, 0.1) is 0 Å². The van der Waals surface area contributed by atoms with E-state index >= 15 is 0 Å². The lowest BCUT2D eigenvalue weighted by molar-refractivity contribution is 0.612. The zero-order valence-corrected chi connectivity index (χ0v) is 12.2. The number of anilines is 1. The average molecular weight is 272 g/mol. The molecule has 2 rings (SSSR count). The maximum absolute atomic E-state index is 13.7. The van der Waals surface area contributed by atoms with Crippen molar-refractivity contribution in [2.24, 2.45) is 5.73 Å². The molecule has 0 aliphatic heterocycles. The van der Waals surface area contributed by atoms with Gasteiger partial charge in [-0.2, -0.15) is 0 Å². The molecular weight excluding hydrogens is 251 g/mol. The third kappa shape index (κ3) is 3.17. The zero-order valence-electron chi connectivity index (χ0n) is 12.2. The molecule has 2 aromatic carbocycles. The van der Waals surface area contributed by atoms with E-state index in [1.807, 2.05) is 38.2 Å². The van der Waals surface area contributed by atoms with Crippen molar-refractivity contribution in [3.8, 4) is 0 Å². The minimum Gasteiger partial charge on any atom is -0.370 e. The lowest BCUT2D eigenvalue weighted by Crippen LogP contribution is -2.20. The molecule has 0 aliphatic rings. The van der Waals surface area contributed by atoms with Gasteiger partial charge in [-0.25, -0.2) is 4.39 Å². The summed E-state index contributed by atoms with van der Waals surface area (Å²) in [6, 6.07) is 13.4. The van der Waals surface area contributed by atoms with Crippen LogP contribution in [0.2, 0.25) is 0 Å². The molecule has 0 heterocycles. The van der Waals surface area contributed by atoms with Crippen molar-refractivity contribution in [3.63, 3.8) is 0 Å². The highest BCUT2D eigenvalue weighted by Crippen LogP contribution is 2.28. The number of halogens is 1. The maximum atomic E-state index is 13.7. The molecule has 0 saturated carbocycles. The fraction of sp³-hybridized carbons (Fsp3) is 0.294. The summed E-state index contributed by atoms with van der Waals surface area (Å²) in [5, 5.41) is 0. The van der Waals surface area contributed by atoms with E-state index in [0.29, 0.717) is 5.56 Å². The molecule has 1 atom stereocenters. The van der Waals surface area contributed by atoms with Crippen LogP contribution < -0.4 is 10.6 Å². The van der Waals surface area contributed by atoms with Crippen LogP contribution in [0.3, 0.4) is 0 Å². The molecule has 0 spiro atoms. The van der Waals surface area contributed by atoms with Gasteiger partial charge in [0.25, 0.3) is 0 Å². The molecule has 2 N–H and O–H groups in total. The predicted molar refractivity (Wildman–Crippen MR) is 82.3 cm³/mol. The van der Waals surface area contributed by atoms with Crippen molar-refractivity contribution in [2.45, 2.75) is 26.4 Å². The van der Waals surface area contributed by atoms with Crippen molar-refractivity contribution < 1.29 is 4.39 Å². The van der Waals surface area contributed by atoms with Gasteiger partial charge < -0.3 is 10.6 Å².